The van der Waals surface area contributed by atoms with Gasteiger partial charge in [0.05, 0.1) is 75.9 Å². The summed E-state index contributed by atoms with van der Waals surface area (Å²) in [5.41, 5.74) is 23.8. The van der Waals surface area contributed by atoms with Crippen LogP contribution in [0.2, 0.25) is 0 Å². The summed E-state index contributed by atoms with van der Waals surface area (Å²) < 4.78 is 208. The molecule has 0 saturated heterocycles. The third-order valence-electron chi connectivity index (χ3n) is 30.2. The molecule has 0 radical (unpaired) electrons. The van der Waals surface area contributed by atoms with Gasteiger partial charge < -0.3 is 65.6 Å². The molecule has 50 heteroatoms. The zero-order valence-corrected chi connectivity index (χ0v) is 86.0. The molecule has 10 aliphatic carbocycles. The summed E-state index contributed by atoms with van der Waals surface area (Å²) in [5, 5.41) is 40.4. The number of rotatable bonds is 18. The number of methoxy groups -OCH3 is 1. The second-order valence-corrected chi connectivity index (χ2v) is 47.6. The number of carbonyl (C=O) groups excluding carboxylic acids is 5. The van der Waals surface area contributed by atoms with Gasteiger partial charge in [-0.15, -0.1) is 0 Å². The van der Waals surface area contributed by atoms with Crippen LogP contribution in [-0.4, -0.2) is 194 Å². The van der Waals surface area contributed by atoms with Crippen LogP contribution in [0.1, 0.15) is 188 Å². The maximum atomic E-state index is 14.8. The maximum Gasteiger partial charge on any atom is 0.333 e. The molecule has 148 heavy (non-hydrogen) atoms. The second-order valence-electron chi connectivity index (χ2n) is 39.3. The van der Waals surface area contributed by atoms with Crippen molar-refractivity contribution in [3.05, 3.63) is 172 Å². The summed E-state index contributed by atoms with van der Waals surface area (Å²) in [5.74, 6) is 0.409. The molecule has 5 aromatic carbocycles. The average Bonchev–Trinajstić information content (AvgIpc) is 1.60. The van der Waals surface area contributed by atoms with Gasteiger partial charge in [-0.3, -0.25) is 0 Å². The molecule has 10 aromatic rings. The number of fused-ring (bicyclic) bond motifs is 15. The lowest BCUT2D eigenvalue weighted by atomic mass is 9.98. The summed E-state index contributed by atoms with van der Waals surface area (Å²) in [4.78, 5) is 62.6. The Morgan fingerprint density at radius 2 is 0.520 bits per heavy atom. The Morgan fingerprint density at radius 3 is 0.784 bits per heavy atom. The van der Waals surface area contributed by atoms with Gasteiger partial charge in [0.15, 0.2) is 24.5 Å². The van der Waals surface area contributed by atoms with Crippen LogP contribution < -0.4 is 84.5 Å². The normalized spacial score (nSPS) is 18.7. The molecule has 12 N–H and O–H groups in total. The maximum absolute atomic E-state index is 14.8. The smallest absolute Gasteiger partial charge is 0.333 e. The summed E-state index contributed by atoms with van der Waals surface area (Å²) in [6, 6.07) is 2.84. The molecule has 788 valence electrons. The summed E-state index contributed by atoms with van der Waals surface area (Å²) in [6.45, 7) is 4.18. The number of benzene rings is 5. The standard InChI is InChI=1S/C20H24FN5O4S.C20H25N5O4S.C20H24N4O5S.C19H21FN4O4S.C19H22N4O4S/c1-22-11-9-26-19(30-10-11)16(8-23-26)31(28,29)25-20(27)24-18-14-6-2-4-12(14)17(21)13-5-3-7-15(13)18;1-21-14-10-25-19(29-11-14)17(9-22-25)30(27,28)24-20(26)23-18-15-6-2-4-12(15)8-13-5-3-7-16(13)18;1-28-14-10-24-19(29-11-14)17(9-21-24)30(26,27)23-20(25)22-18-15-6-2-4-12(15)8-13-5-3-7-16(13)18;20-16-11-4-1-6-13(11)17(14-7-2-5-12(14)16)22-19(25)23-29(26,27)15-10-21-24-8-3-9-28-18(15)24;24-19(22-28(25,26)16-11-20-23-8-3-9-27-18(16)23)21-17-14-6-1-4-12(14)10-13-5-2-7-15(13)17/h8,11,22H,2-7,9-10H2,1H3,(H2,24,25,27);8-9,14,21H,2-7,10-11H2,1H3,(H2,23,24,26);8-9,14H,2-7,10-11H2,1H3,(H2,22,23,25);10H,1-9H2,(H2,22,23,25);10-11H,1-9H2,(H2,21,22,24)/t11-;2*14-;;/m111../s1. The molecule has 0 spiro atoms. The van der Waals surface area contributed by atoms with E-state index in [1.807, 2.05) is 11.8 Å². The number of nitrogens with one attached hydrogen (secondary N) is 12. The Hall–Kier alpha value is -13.0. The molecule has 0 bridgehead atoms. The van der Waals surface area contributed by atoms with Crippen LogP contribution in [0.3, 0.4) is 0 Å². The highest BCUT2D eigenvalue weighted by Crippen LogP contribution is 2.47. The third-order valence-corrected chi connectivity index (χ3v) is 36.8. The van der Waals surface area contributed by atoms with Gasteiger partial charge in [0.1, 0.15) is 37.6 Å². The van der Waals surface area contributed by atoms with Crippen molar-refractivity contribution in [2.24, 2.45) is 0 Å². The number of sulfonamides is 5. The lowest BCUT2D eigenvalue weighted by Crippen LogP contribution is -2.40. The first-order chi connectivity index (χ1) is 71.3. The Morgan fingerprint density at radius 1 is 0.297 bits per heavy atom. The minimum absolute atomic E-state index is 0.0156. The van der Waals surface area contributed by atoms with Crippen LogP contribution in [0.25, 0.3) is 0 Å². The van der Waals surface area contributed by atoms with Gasteiger partial charge in [-0.1, -0.05) is 18.2 Å². The Balaban J connectivity index is 0.000000108. The molecule has 0 saturated carbocycles. The number of aromatic nitrogens is 10. The Bertz CT molecular complexity index is 7350. The quantitative estimate of drug-likeness (QED) is 0.0381. The number of hydrogen-bond acceptors (Lipinski definition) is 28. The Labute approximate surface area is 852 Å². The van der Waals surface area contributed by atoms with Crippen molar-refractivity contribution in [2.45, 2.75) is 281 Å². The first-order valence-corrected chi connectivity index (χ1v) is 57.9. The average molecular weight is 2140 g/mol. The lowest BCUT2D eigenvalue weighted by Gasteiger charge is -2.24. The number of hydrogen-bond donors (Lipinski definition) is 12. The molecule has 10 amide bonds. The van der Waals surface area contributed by atoms with Gasteiger partial charge in [-0.25, -0.2) is 122 Å². The minimum Gasteiger partial charge on any atom is -0.477 e. The number of nitrogens with zero attached hydrogens (tertiary/aromatic N) is 10. The second kappa shape index (κ2) is 41.1. The van der Waals surface area contributed by atoms with Gasteiger partial charge in [-0.05, 0) is 318 Å². The van der Waals surface area contributed by atoms with Crippen molar-refractivity contribution in [2.75, 3.05) is 80.8 Å². The molecule has 5 aliphatic heterocycles. The van der Waals surface area contributed by atoms with Crippen molar-refractivity contribution in [3.63, 3.8) is 0 Å². The molecule has 25 rings (SSSR count). The van der Waals surface area contributed by atoms with Gasteiger partial charge in [0.25, 0.3) is 50.1 Å². The summed E-state index contributed by atoms with van der Waals surface area (Å²) in [7, 11) is -15.5. The summed E-state index contributed by atoms with van der Waals surface area (Å²) >= 11 is 0. The van der Waals surface area contributed by atoms with Crippen molar-refractivity contribution >= 4 is 109 Å². The van der Waals surface area contributed by atoms with Crippen LogP contribution in [0.5, 0.6) is 29.4 Å². The molecule has 15 aliphatic rings. The minimum atomic E-state index is -4.20. The van der Waals surface area contributed by atoms with Gasteiger partial charge in [0.2, 0.25) is 29.4 Å². The highest BCUT2D eigenvalue weighted by atomic mass is 32.2. The molecular formula is C98H116F2N22O21S5. The van der Waals surface area contributed by atoms with Gasteiger partial charge in [-0.2, -0.15) is 25.5 Å². The van der Waals surface area contributed by atoms with Crippen LogP contribution in [0, 0.1) is 11.6 Å². The van der Waals surface area contributed by atoms with E-state index in [0.29, 0.717) is 144 Å². The van der Waals surface area contributed by atoms with Crippen molar-refractivity contribution < 1.29 is 103 Å². The van der Waals surface area contributed by atoms with E-state index in [9.17, 15) is 74.8 Å². The molecular weight excluding hydrogens is 2020 g/mol. The van der Waals surface area contributed by atoms with Gasteiger partial charge >= 0.3 is 30.2 Å². The van der Waals surface area contributed by atoms with Crippen LogP contribution in [-0.2, 0) is 216 Å². The zero-order chi connectivity index (χ0) is 103. The highest BCUT2D eigenvalue weighted by molar-refractivity contribution is 7.91. The van der Waals surface area contributed by atoms with Crippen LogP contribution >= 0.6 is 0 Å². The highest BCUT2D eigenvalue weighted by Gasteiger charge is 2.42. The lowest BCUT2D eigenvalue weighted by molar-refractivity contribution is 0.0165. The molecule has 0 unspecified atom stereocenters. The number of likely N-dealkylation sites (N-methyl/N-ethyl adjacent to an activating group) is 2. The molecule has 0 fully saturated rings. The third kappa shape index (κ3) is 19.8. The van der Waals surface area contributed by atoms with Crippen molar-refractivity contribution in [3.8, 4) is 29.4 Å². The number of amides is 10. The fourth-order valence-electron chi connectivity index (χ4n) is 23.3. The first-order valence-electron chi connectivity index (χ1n) is 50.5. The molecule has 10 heterocycles. The first kappa shape index (κ1) is 101. The monoisotopic (exact) mass is 2130 g/mol. The summed E-state index contributed by atoms with van der Waals surface area (Å²) in [6.07, 6.45) is 33.6. The Kier molecular flexibility index (Phi) is 28.0. The van der Waals surface area contributed by atoms with E-state index < -0.39 is 80.3 Å². The molecule has 3 atom stereocenters. The van der Waals surface area contributed by atoms with Crippen molar-refractivity contribution in [1.29, 1.82) is 0 Å². The van der Waals surface area contributed by atoms with E-state index in [4.69, 9.17) is 28.4 Å². The molecule has 43 nitrogen and oxygen atoms in total. The van der Waals surface area contributed by atoms with E-state index in [0.717, 1.165) is 227 Å². The number of anilines is 5. The number of halogens is 2. The van der Waals surface area contributed by atoms with Gasteiger partial charge in [0, 0.05) is 61.5 Å². The zero-order valence-electron chi connectivity index (χ0n) is 81.9. The van der Waals surface area contributed by atoms with E-state index in [2.05, 4.69) is 99.8 Å². The predicted octanol–water partition coefficient (Wildman–Crippen LogP) is 9.07. The molecule has 5 aromatic heterocycles. The largest absolute Gasteiger partial charge is 0.477 e. The van der Waals surface area contributed by atoms with Crippen LogP contribution in [0.4, 0.5) is 61.2 Å². The van der Waals surface area contributed by atoms with E-state index >= 15 is 0 Å². The fraction of sp³-hybridized carbons (Fsp3) is 0.490. The predicted molar refractivity (Wildman–Crippen MR) is 533 cm³/mol. The SMILES string of the molecule is CN[C@H]1COc2c(S(=O)(=O)NC(=O)Nc3c4c(c(F)c5c3CCC5)CCC4)cnn2C1.CN[C@H]1COc2c(S(=O)(=O)NC(=O)Nc3c4c(cc5c3CCC5)CCC4)cnn2C1.CO[C@H]1COc2c(S(=O)(=O)NC(=O)Nc3c4c(cc5c3CCC5)CCC4)cnn2C1.O=C(Nc1c2c(c(F)c3c1CCC3)CCC2)NS(=O)(=O)c1cnn2c1OCCC2.O=C(Nc1c2c(cc3c1CCC3)CCC2)NS(=O)(=O)c1cnn2c1OCCC2. The number of urea groups is 5. The number of aryl methyl sites for hydroxylation is 8. The fourth-order valence-corrected chi connectivity index (χ4v) is 28.2. The van der Waals surface area contributed by atoms with Crippen molar-refractivity contribution in [1.82, 2.24) is 83.1 Å². The van der Waals surface area contributed by atoms with Crippen LogP contribution in [0.15, 0.2) is 73.7 Å². The van der Waals surface area contributed by atoms with E-state index in [1.54, 1.807) is 14.2 Å². The van der Waals surface area contributed by atoms with E-state index in [1.165, 1.54) is 87.8 Å². The topological polar surface area (TPSA) is 545 Å². The van der Waals surface area contributed by atoms with E-state index in [-0.39, 0.29) is 90.3 Å². The number of ether oxygens (including phenoxy) is 6. The number of carbonyl (C=O) groups is 5.